The lowest BCUT2D eigenvalue weighted by Gasteiger charge is -2.40. The van der Waals surface area contributed by atoms with Crippen LogP contribution in [0.4, 0.5) is 5.82 Å². The van der Waals surface area contributed by atoms with Crippen molar-refractivity contribution in [3.63, 3.8) is 0 Å². The molecule has 0 aliphatic carbocycles. The first-order valence-electron chi connectivity index (χ1n) is 9.84. The summed E-state index contributed by atoms with van der Waals surface area (Å²) < 4.78 is 5.65. The van der Waals surface area contributed by atoms with Crippen LogP contribution in [-0.2, 0) is 4.74 Å². The molecule has 3 rings (SSSR count). The van der Waals surface area contributed by atoms with Crippen LogP contribution in [0.15, 0.2) is 0 Å². The fraction of sp³-hybridized carbons (Fsp3) is 0.750. The van der Waals surface area contributed by atoms with E-state index in [4.69, 9.17) is 4.74 Å². The molecule has 2 atom stereocenters. The summed E-state index contributed by atoms with van der Waals surface area (Å²) in [6.45, 7) is 12.0. The molecule has 0 aromatic carbocycles. The SMILES string of the molecule is Cc1nc(C(=O)N(C)C)nc(N2CC[C@@H](NC3CCOCC3(C)C)C2)c1C. The summed E-state index contributed by atoms with van der Waals surface area (Å²) in [5, 5.41) is 3.86. The molecule has 27 heavy (non-hydrogen) atoms. The van der Waals surface area contributed by atoms with Crippen molar-refractivity contribution in [3.8, 4) is 0 Å². The van der Waals surface area contributed by atoms with Crippen LogP contribution < -0.4 is 10.2 Å². The Labute approximate surface area is 162 Å². The molecule has 150 valence electrons. The predicted molar refractivity (Wildman–Crippen MR) is 106 cm³/mol. The quantitative estimate of drug-likeness (QED) is 0.865. The predicted octanol–water partition coefficient (Wildman–Crippen LogP) is 1.78. The number of anilines is 1. The first-order chi connectivity index (χ1) is 12.7. The molecule has 2 saturated heterocycles. The maximum absolute atomic E-state index is 12.3. The van der Waals surface area contributed by atoms with Crippen LogP contribution >= 0.6 is 0 Å². The third-order valence-corrected chi connectivity index (χ3v) is 5.85. The monoisotopic (exact) mass is 375 g/mol. The maximum atomic E-state index is 12.3. The van der Waals surface area contributed by atoms with Gasteiger partial charge in [0.25, 0.3) is 5.91 Å². The molecular weight excluding hydrogens is 342 g/mol. The van der Waals surface area contributed by atoms with E-state index in [1.165, 1.54) is 4.90 Å². The van der Waals surface area contributed by atoms with Gasteiger partial charge in [0, 0.05) is 62.5 Å². The van der Waals surface area contributed by atoms with E-state index in [9.17, 15) is 4.79 Å². The Kier molecular flexibility index (Phi) is 5.72. The Bertz CT molecular complexity index is 704. The number of hydrogen-bond donors (Lipinski definition) is 1. The van der Waals surface area contributed by atoms with Gasteiger partial charge in [-0.15, -0.1) is 0 Å². The highest BCUT2D eigenvalue weighted by molar-refractivity contribution is 5.90. The number of aromatic nitrogens is 2. The first kappa shape index (κ1) is 20.0. The molecule has 0 bridgehead atoms. The van der Waals surface area contributed by atoms with Gasteiger partial charge in [-0.2, -0.15) is 0 Å². The minimum atomic E-state index is -0.155. The molecule has 2 aliphatic rings. The van der Waals surface area contributed by atoms with Crippen molar-refractivity contribution in [1.82, 2.24) is 20.2 Å². The van der Waals surface area contributed by atoms with Gasteiger partial charge in [0.05, 0.1) is 6.61 Å². The average Bonchev–Trinajstić information content (AvgIpc) is 3.06. The summed E-state index contributed by atoms with van der Waals surface area (Å²) in [6, 6.07) is 0.894. The van der Waals surface area contributed by atoms with E-state index in [-0.39, 0.29) is 17.1 Å². The Morgan fingerprint density at radius 1 is 1.26 bits per heavy atom. The van der Waals surface area contributed by atoms with Gasteiger partial charge in [0.2, 0.25) is 5.82 Å². The molecule has 0 spiro atoms. The number of carbonyl (C=O) groups is 1. The molecule has 1 N–H and O–H groups in total. The highest BCUT2D eigenvalue weighted by Gasteiger charge is 2.36. The fourth-order valence-electron chi connectivity index (χ4n) is 3.93. The van der Waals surface area contributed by atoms with E-state index in [0.717, 1.165) is 56.2 Å². The lowest BCUT2D eigenvalue weighted by molar-refractivity contribution is -0.0156. The Morgan fingerprint density at radius 3 is 2.67 bits per heavy atom. The molecule has 7 heteroatoms. The van der Waals surface area contributed by atoms with Crippen molar-refractivity contribution in [3.05, 3.63) is 17.1 Å². The van der Waals surface area contributed by atoms with E-state index in [0.29, 0.717) is 12.1 Å². The van der Waals surface area contributed by atoms with Gasteiger partial charge in [0.15, 0.2) is 0 Å². The molecule has 0 radical (unpaired) electrons. The van der Waals surface area contributed by atoms with Crippen molar-refractivity contribution in [1.29, 1.82) is 0 Å². The molecule has 3 heterocycles. The van der Waals surface area contributed by atoms with E-state index in [1.54, 1.807) is 14.1 Å². The maximum Gasteiger partial charge on any atom is 0.291 e. The van der Waals surface area contributed by atoms with Crippen LogP contribution in [-0.4, -0.2) is 73.3 Å². The Morgan fingerprint density at radius 2 is 2.00 bits per heavy atom. The molecule has 0 saturated carbocycles. The van der Waals surface area contributed by atoms with Crippen molar-refractivity contribution in [2.75, 3.05) is 45.3 Å². The Balaban J connectivity index is 1.74. The molecule has 7 nitrogen and oxygen atoms in total. The topological polar surface area (TPSA) is 70.6 Å². The number of hydrogen-bond acceptors (Lipinski definition) is 6. The molecule has 2 fully saturated rings. The van der Waals surface area contributed by atoms with Crippen LogP contribution in [0, 0.1) is 19.3 Å². The highest BCUT2D eigenvalue weighted by Crippen LogP contribution is 2.30. The average molecular weight is 376 g/mol. The van der Waals surface area contributed by atoms with Crippen LogP contribution in [0.3, 0.4) is 0 Å². The highest BCUT2D eigenvalue weighted by atomic mass is 16.5. The van der Waals surface area contributed by atoms with Crippen LogP contribution in [0.5, 0.6) is 0 Å². The van der Waals surface area contributed by atoms with Gasteiger partial charge >= 0.3 is 0 Å². The number of aryl methyl sites for hydroxylation is 1. The van der Waals surface area contributed by atoms with Crippen molar-refractivity contribution < 1.29 is 9.53 Å². The smallest absolute Gasteiger partial charge is 0.291 e. The van der Waals surface area contributed by atoms with E-state index < -0.39 is 0 Å². The Hall–Kier alpha value is -1.73. The van der Waals surface area contributed by atoms with Gasteiger partial charge in [-0.3, -0.25) is 4.79 Å². The molecule has 2 aliphatic heterocycles. The third-order valence-electron chi connectivity index (χ3n) is 5.85. The van der Waals surface area contributed by atoms with Crippen LogP contribution in [0.25, 0.3) is 0 Å². The normalized spacial score (nSPS) is 24.9. The van der Waals surface area contributed by atoms with E-state index in [2.05, 4.69) is 34.0 Å². The minimum Gasteiger partial charge on any atom is -0.381 e. The van der Waals surface area contributed by atoms with E-state index in [1.807, 2.05) is 13.8 Å². The second-order valence-electron chi connectivity index (χ2n) is 8.76. The van der Waals surface area contributed by atoms with Crippen molar-refractivity contribution in [2.45, 2.75) is 52.6 Å². The molecule has 1 amide bonds. The van der Waals surface area contributed by atoms with Gasteiger partial charge in [-0.05, 0) is 26.7 Å². The second kappa shape index (κ2) is 7.72. The number of nitrogens with zero attached hydrogens (tertiary/aromatic N) is 4. The van der Waals surface area contributed by atoms with Crippen molar-refractivity contribution in [2.24, 2.45) is 5.41 Å². The van der Waals surface area contributed by atoms with Gasteiger partial charge in [-0.25, -0.2) is 9.97 Å². The van der Waals surface area contributed by atoms with Crippen LogP contribution in [0.1, 0.15) is 48.6 Å². The largest absolute Gasteiger partial charge is 0.381 e. The van der Waals surface area contributed by atoms with Gasteiger partial charge in [-0.1, -0.05) is 13.8 Å². The second-order valence-corrected chi connectivity index (χ2v) is 8.76. The lowest BCUT2D eigenvalue weighted by Crippen LogP contribution is -2.52. The lowest BCUT2D eigenvalue weighted by atomic mass is 9.81. The van der Waals surface area contributed by atoms with Crippen molar-refractivity contribution >= 4 is 11.7 Å². The molecule has 1 aromatic heterocycles. The number of rotatable bonds is 4. The summed E-state index contributed by atoms with van der Waals surface area (Å²) >= 11 is 0. The summed E-state index contributed by atoms with van der Waals surface area (Å²) in [6.07, 6.45) is 2.13. The number of carbonyl (C=O) groups excluding carboxylic acids is 1. The zero-order valence-corrected chi connectivity index (χ0v) is 17.5. The zero-order chi connectivity index (χ0) is 19.8. The first-order valence-corrected chi connectivity index (χ1v) is 9.84. The zero-order valence-electron chi connectivity index (χ0n) is 17.5. The summed E-state index contributed by atoms with van der Waals surface area (Å²) in [7, 11) is 3.46. The summed E-state index contributed by atoms with van der Waals surface area (Å²) in [5.74, 6) is 1.01. The minimum absolute atomic E-state index is 0.151. The fourth-order valence-corrected chi connectivity index (χ4v) is 3.93. The number of ether oxygens (including phenoxy) is 1. The number of amides is 1. The summed E-state index contributed by atoms with van der Waals surface area (Å²) in [5.41, 5.74) is 2.07. The summed E-state index contributed by atoms with van der Waals surface area (Å²) in [4.78, 5) is 25.2. The van der Waals surface area contributed by atoms with Gasteiger partial charge < -0.3 is 19.9 Å². The molecule has 1 aromatic rings. The number of nitrogens with one attached hydrogen (secondary N) is 1. The van der Waals surface area contributed by atoms with E-state index >= 15 is 0 Å². The van der Waals surface area contributed by atoms with Crippen LogP contribution in [0.2, 0.25) is 0 Å². The molecular formula is C20H33N5O2. The van der Waals surface area contributed by atoms with Gasteiger partial charge in [0.1, 0.15) is 5.82 Å². The standard InChI is InChI=1S/C20H33N5O2/c1-13-14(2)21-17(19(26)24(5)6)23-18(13)25-9-7-15(11-25)22-16-8-10-27-12-20(16,3)4/h15-16,22H,7-12H2,1-6H3/t15-,16?/m1/s1. The third kappa shape index (κ3) is 4.24. The molecule has 1 unspecified atom stereocenters.